The highest BCUT2D eigenvalue weighted by molar-refractivity contribution is 7.14. The molecule has 1 aliphatic rings. The van der Waals surface area contributed by atoms with Crippen molar-refractivity contribution in [3.8, 4) is 0 Å². The normalized spacial score (nSPS) is 19.3. The molecule has 0 aromatic carbocycles. The molecular weight excluding hydrogens is 486 g/mol. The average molecular weight is 509 g/mol. The topological polar surface area (TPSA) is 31.2 Å². The maximum absolute atomic E-state index is 15.0. The second-order valence-electron chi connectivity index (χ2n) is 7.89. The lowest BCUT2D eigenvalue weighted by molar-refractivity contribution is -0.254. The molecule has 0 aliphatic heterocycles. The van der Waals surface area contributed by atoms with Crippen LogP contribution in [0.4, 0.5) is 26.3 Å². The fourth-order valence-corrected chi connectivity index (χ4v) is 5.21. The molecule has 0 N–H and O–H groups in total. The first-order valence-corrected chi connectivity index (χ1v) is 11.3. The Kier molecular flexibility index (Phi) is 6.48. The van der Waals surface area contributed by atoms with E-state index in [0.29, 0.717) is 9.75 Å². The number of hydrogen-bond donors (Lipinski definition) is 0. The van der Waals surface area contributed by atoms with Gasteiger partial charge in [0.2, 0.25) is 0 Å². The van der Waals surface area contributed by atoms with Gasteiger partial charge in [0.05, 0.1) is 12.4 Å². The minimum Gasteiger partial charge on any atom is -0.303 e. The highest BCUT2D eigenvalue weighted by Gasteiger charge is 2.80. The Labute approximate surface area is 195 Å². The second kappa shape index (κ2) is 8.46. The Bertz CT molecular complexity index is 1060. The minimum atomic E-state index is -5.59. The predicted molar refractivity (Wildman–Crippen MR) is 122 cm³/mol. The van der Waals surface area contributed by atoms with E-state index in [4.69, 9.17) is 0 Å². The average Bonchev–Trinajstić information content (AvgIpc) is 3.26. The summed E-state index contributed by atoms with van der Waals surface area (Å²) in [6, 6.07) is 2.40. The van der Waals surface area contributed by atoms with Crippen molar-refractivity contribution < 1.29 is 26.3 Å². The lowest BCUT2D eigenvalue weighted by Crippen LogP contribution is -2.48. The zero-order chi connectivity index (χ0) is 24.9. The third kappa shape index (κ3) is 4.18. The van der Waals surface area contributed by atoms with Crippen molar-refractivity contribution in [1.82, 2.24) is 10.0 Å². The third-order valence-corrected chi connectivity index (χ3v) is 6.88. The smallest absolute Gasteiger partial charge is 0.303 e. The molecule has 2 heterocycles. The summed E-state index contributed by atoms with van der Waals surface area (Å²) in [6.07, 6.45) is 2.72. The van der Waals surface area contributed by atoms with E-state index in [0.717, 1.165) is 22.7 Å². The molecule has 0 atom stereocenters. The van der Waals surface area contributed by atoms with E-state index in [-0.39, 0.29) is 20.9 Å². The Morgan fingerprint density at radius 3 is 1.33 bits per heavy atom. The summed E-state index contributed by atoms with van der Waals surface area (Å²) in [5, 5.41) is 10.9. The van der Waals surface area contributed by atoms with Crippen molar-refractivity contribution in [2.45, 2.75) is 31.6 Å². The van der Waals surface area contributed by atoms with E-state index in [1.807, 2.05) is 0 Å². The van der Waals surface area contributed by atoms with Crippen LogP contribution in [0.25, 0.3) is 11.1 Å². The number of nitrogens with zero attached hydrogens (tertiary/aromatic N) is 4. The molecule has 0 amide bonds. The number of halogens is 6. The molecule has 2 aromatic rings. The van der Waals surface area contributed by atoms with Gasteiger partial charge in [-0.3, -0.25) is 0 Å². The lowest BCUT2D eigenvalue weighted by Gasteiger charge is -2.25. The van der Waals surface area contributed by atoms with Gasteiger partial charge in [-0.2, -0.15) is 36.5 Å². The van der Waals surface area contributed by atoms with Crippen molar-refractivity contribution in [3.63, 3.8) is 0 Å². The third-order valence-electron chi connectivity index (χ3n) is 4.91. The molecule has 0 saturated carbocycles. The summed E-state index contributed by atoms with van der Waals surface area (Å²) in [4.78, 5) is 1.16. The summed E-state index contributed by atoms with van der Waals surface area (Å²) < 4.78 is 89.3. The zero-order valence-electron chi connectivity index (χ0n) is 18.7. The summed E-state index contributed by atoms with van der Waals surface area (Å²) in [7, 11) is 6.56. The standard InChI is InChI=1S/C21H22F6N4S2/c1-11-15(7-13(32-11)9-28-30(3)4)17-18(20(24,25)21(26,27)19(17,22)23)16-8-14(33-12(16)2)10-29-31(5)6/h7-10H,1-6H3/b28-9+,29-10+. The predicted octanol–water partition coefficient (Wildman–Crippen LogP) is 6.05. The maximum atomic E-state index is 15.0. The molecule has 1 aliphatic carbocycles. The molecular formula is C21H22F6N4S2. The molecule has 0 fully saturated rings. The molecule has 12 heteroatoms. The van der Waals surface area contributed by atoms with Crippen molar-refractivity contribution in [2.75, 3.05) is 28.2 Å². The van der Waals surface area contributed by atoms with E-state index < -0.39 is 28.9 Å². The highest BCUT2D eigenvalue weighted by Crippen LogP contribution is 2.65. The molecule has 0 radical (unpaired) electrons. The number of aryl methyl sites for hydroxylation is 2. The number of allylic oxidation sites excluding steroid dienone is 2. The van der Waals surface area contributed by atoms with Gasteiger partial charge in [0, 0.05) is 58.8 Å². The Balaban J connectivity index is 2.31. The van der Waals surface area contributed by atoms with Crippen LogP contribution in [-0.2, 0) is 0 Å². The van der Waals surface area contributed by atoms with Crippen molar-refractivity contribution in [1.29, 1.82) is 0 Å². The van der Waals surface area contributed by atoms with Gasteiger partial charge in [0.1, 0.15) is 0 Å². The van der Waals surface area contributed by atoms with Crippen LogP contribution < -0.4 is 0 Å². The van der Waals surface area contributed by atoms with Crippen molar-refractivity contribution in [3.05, 3.63) is 42.8 Å². The van der Waals surface area contributed by atoms with E-state index in [1.165, 1.54) is 48.4 Å². The van der Waals surface area contributed by atoms with E-state index in [2.05, 4.69) is 10.2 Å². The summed E-state index contributed by atoms with van der Waals surface area (Å²) in [5.41, 5.74) is -3.39. The van der Waals surface area contributed by atoms with E-state index >= 15 is 17.6 Å². The van der Waals surface area contributed by atoms with Crippen LogP contribution in [0.3, 0.4) is 0 Å². The molecule has 180 valence electrons. The van der Waals surface area contributed by atoms with Crippen LogP contribution in [0.5, 0.6) is 0 Å². The van der Waals surface area contributed by atoms with Crippen molar-refractivity contribution >= 4 is 46.2 Å². The van der Waals surface area contributed by atoms with Crippen LogP contribution in [0, 0.1) is 13.8 Å². The molecule has 3 rings (SSSR count). The van der Waals surface area contributed by atoms with Crippen LogP contribution >= 0.6 is 22.7 Å². The van der Waals surface area contributed by atoms with Gasteiger partial charge >= 0.3 is 17.8 Å². The molecule has 0 unspecified atom stereocenters. The second-order valence-corrected chi connectivity index (χ2v) is 10.5. The number of hydrazone groups is 2. The zero-order valence-corrected chi connectivity index (χ0v) is 20.3. The summed E-state index contributed by atoms with van der Waals surface area (Å²) in [6.45, 7) is 2.86. The van der Waals surface area contributed by atoms with Crippen LogP contribution in [0.2, 0.25) is 0 Å². The van der Waals surface area contributed by atoms with Gasteiger partial charge in [-0.15, -0.1) is 22.7 Å². The first-order valence-electron chi connectivity index (χ1n) is 9.64. The van der Waals surface area contributed by atoms with Crippen LogP contribution in [0.1, 0.15) is 30.6 Å². The Morgan fingerprint density at radius 1 is 0.697 bits per heavy atom. The molecule has 0 bridgehead atoms. The van der Waals surface area contributed by atoms with Gasteiger partial charge < -0.3 is 10.0 Å². The molecule has 33 heavy (non-hydrogen) atoms. The van der Waals surface area contributed by atoms with Crippen molar-refractivity contribution in [2.24, 2.45) is 10.2 Å². The molecule has 0 spiro atoms. The number of alkyl halides is 6. The highest BCUT2D eigenvalue weighted by atomic mass is 32.1. The maximum Gasteiger partial charge on any atom is 0.380 e. The SMILES string of the molecule is Cc1sc(/C=N/N(C)C)cc1C1=C(c2cc(/C=N/N(C)C)sc2C)C(F)(F)C(F)(F)C1(F)F. The number of thiophene rings is 2. The van der Waals surface area contributed by atoms with E-state index in [1.54, 1.807) is 28.2 Å². The van der Waals surface area contributed by atoms with Gasteiger partial charge in [0.25, 0.3) is 0 Å². The summed E-state index contributed by atoms with van der Waals surface area (Å²) in [5.74, 6) is -15.8. The van der Waals surface area contributed by atoms with Gasteiger partial charge in [-0.25, -0.2) is 0 Å². The largest absolute Gasteiger partial charge is 0.380 e. The minimum absolute atomic E-state index is 0.207. The quantitative estimate of drug-likeness (QED) is 0.270. The first-order chi connectivity index (χ1) is 15.1. The molecule has 4 nitrogen and oxygen atoms in total. The number of rotatable bonds is 6. The Hall–Kier alpha value is -2.34. The van der Waals surface area contributed by atoms with Crippen LogP contribution in [0.15, 0.2) is 22.3 Å². The summed E-state index contributed by atoms with van der Waals surface area (Å²) >= 11 is 2.01. The monoisotopic (exact) mass is 508 g/mol. The lowest BCUT2D eigenvalue weighted by atomic mass is 9.95. The van der Waals surface area contributed by atoms with Gasteiger partial charge in [-0.1, -0.05) is 0 Å². The Morgan fingerprint density at radius 2 is 1.03 bits per heavy atom. The van der Waals surface area contributed by atoms with Crippen LogP contribution in [-0.4, -0.2) is 68.4 Å². The van der Waals surface area contributed by atoms with Gasteiger partial charge in [0.15, 0.2) is 0 Å². The molecule has 0 saturated heterocycles. The van der Waals surface area contributed by atoms with Gasteiger partial charge in [-0.05, 0) is 37.1 Å². The first kappa shape index (κ1) is 25.3. The fraction of sp³-hybridized carbons (Fsp3) is 0.429. The molecule has 2 aromatic heterocycles. The van der Waals surface area contributed by atoms with E-state index in [9.17, 15) is 8.78 Å². The fourth-order valence-electron chi connectivity index (χ4n) is 3.41. The number of hydrogen-bond acceptors (Lipinski definition) is 6.